The van der Waals surface area contributed by atoms with Crippen LogP contribution >= 0.6 is 0 Å². The van der Waals surface area contributed by atoms with Crippen LogP contribution in [0.4, 0.5) is 3.89 Å². The van der Waals surface area contributed by atoms with Crippen molar-refractivity contribution in [3.8, 4) is 22.9 Å². The zero-order valence-corrected chi connectivity index (χ0v) is 13.9. The fourth-order valence-electron chi connectivity index (χ4n) is 2.04. The minimum absolute atomic E-state index is 0.130. The first-order chi connectivity index (χ1) is 11.9. The summed E-state index contributed by atoms with van der Waals surface area (Å²) in [6.07, 6.45) is 0. The molecular weight excluding hydrogens is 351 g/mol. The van der Waals surface area contributed by atoms with Crippen molar-refractivity contribution in [3.63, 3.8) is 0 Å². The van der Waals surface area contributed by atoms with Crippen LogP contribution in [-0.4, -0.2) is 18.6 Å². The molecule has 7 nitrogen and oxygen atoms in total. The molecular formula is C16H13FN2O5S. The van der Waals surface area contributed by atoms with E-state index in [-0.39, 0.29) is 5.75 Å². The van der Waals surface area contributed by atoms with Crippen LogP contribution in [0, 0.1) is 6.92 Å². The molecule has 3 aromatic rings. The summed E-state index contributed by atoms with van der Waals surface area (Å²) in [6, 6.07) is 13.0. The number of aromatic nitrogens is 2. The molecule has 130 valence electrons. The van der Waals surface area contributed by atoms with Gasteiger partial charge < -0.3 is 13.4 Å². The van der Waals surface area contributed by atoms with E-state index in [9.17, 15) is 12.3 Å². The third kappa shape index (κ3) is 4.77. The van der Waals surface area contributed by atoms with Gasteiger partial charge in [0.15, 0.2) is 0 Å². The molecule has 0 aliphatic heterocycles. The summed E-state index contributed by atoms with van der Waals surface area (Å²) in [4.78, 5) is 4.15. The van der Waals surface area contributed by atoms with Gasteiger partial charge in [-0.1, -0.05) is 33.3 Å². The lowest BCUT2D eigenvalue weighted by molar-refractivity contribution is 0.306. The average molecular weight is 364 g/mol. The summed E-state index contributed by atoms with van der Waals surface area (Å²) in [7, 11) is -5.03. The summed E-state index contributed by atoms with van der Waals surface area (Å²) < 4.78 is 47.8. The Balaban J connectivity index is 1.60. The number of aryl methyl sites for hydroxylation is 1. The first kappa shape index (κ1) is 16.9. The number of ether oxygens (including phenoxy) is 1. The maximum atomic E-state index is 12.4. The monoisotopic (exact) mass is 364 g/mol. The number of halogens is 1. The van der Waals surface area contributed by atoms with Crippen molar-refractivity contribution in [2.24, 2.45) is 0 Å². The van der Waals surface area contributed by atoms with Crippen LogP contribution in [-0.2, 0) is 17.1 Å². The molecule has 0 spiro atoms. The first-order valence-electron chi connectivity index (χ1n) is 7.16. The number of hydrogen-bond acceptors (Lipinski definition) is 7. The molecule has 0 fully saturated rings. The topological polar surface area (TPSA) is 91.5 Å². The number of rotatable bonds is 6. The molecule has 0 N–H and O–H groups in total. The SMILES string of the molecule is Cc1nc(-c2ccc(COc3ccc(OS(=O)(=O)F)cc3)cc2)no1. The van der Waals surface area contributed by atoms with Gasteiger partial charge in [-0.2, -0.15) is 13.4 Å². The predicted molar refractivity (Wildman–Crippen MR) is 85.9 cm³/mol. The zero-order valence-electron chi connectivity index (χ0n) is 13.0. The van der Waals surface area contributed by atoms with Crippen LogP contribution in [0.15, 0.2) is 53.1 Å². The third-order valence-electron chi connectivity index (χ3n) is 3.16. The molecule has 0 saturated carbocycles. The summed E-state index contributed by atoms with van der Waals surface area (Å²) >= 11 is 0. The fourth-order valence-corrected chi connectivity index (χ4v) is 2.38. The Kier molecular flexibility index (Phi) is 4.66. The first-order valence-corrected chi connectivity index (χ1v) is 8.46. The van der Waals surface area contributed by atoms with E-state index >= 15 is 0 Å². The molecule has 9 heteroatoms. The van der Waals surface area contributed by atoms with Crippen molar-refractivity contribution in [2.75, 3.05) is 0 Å². The van der Waals surface area contributed by atoms with E-state index in [1.807, 2.05) is 24.3 Å². The van der Waals surface area contributed by atoms with Gasteiger partial charge in [0.25, 0.3) is 0 Å². The minimum atomic E-state index is -5.03. The van der Waals surface area contributed by atoms with Crippen LogP contribution in [0.3, 0.4) is 0 Å². The van der Waals surface area contributed by atoms with E-state index in [0.29, 0.717) is 24.1 Å². The highest BCUT2D eigenvalue weighted by Gasteiger charge is 2.09. The smallest absolute Gasteiger partial charge is 0.488 e. The standard InChI is InChI=1S/C16H13FN2O5S/c1-11-18-16(19-23-11)13-4-2-12(3-5-13)10-22-14-6-8-15(9-7-14)24-25(17,20)21/h2-9H,10H2,1H3. The van der Waals surface area contributed by atoms with Gasteiger partial charge in [-0.25, -0.2) is 0 Å². The van der Waals surface area contributed by atoms with Crippen LogP contribution in [0.25, 0.3) is 11.4 Å². The Bertz CT molecular complexity index is 953. The van der Waals surface area contributed by atoms with Gasteiger partial charge in [0.05, 0.1) is 0 Å². The molecule has 25 heavy (non-hydrogen) atoms. The normalized spacial score (nSPS) is 11.3. The van der Waals surface area contributed by atoms with E-state index in [1.165, 1.54) is 24.3 Å². The van der Waals surface area contributed by atoms with Crippen molar-refractivity contribution >= 4 is 10.5 Å². The maximum Gasteiger partial charge on any atom is 0.488 e. The van der Waals surface area contributed by atoms with Gasteiger partial charge in [-0.05, 0) is 29.8 Å². The number of benzene rings is 2. The van der Waals surface area contributed by atoms with E-state index in [2.05, 4.69) is 14.3 Å². The molecule has 2 aromatic carbocycles. The number of nitrogens with zero attached hydrogens (tertiary/aromatic N) is 2. The van der Waals surface area contributed by atoms with Crippen molar-refractivity contribution in [2.45, 2.75) is 13.5 Å². The van der Waals surface area contributed by atoms with Crippen molar-refractivity contribution in [3.05, 3.63) is 60.0 Å². The number of hydrogen-bond donors (Lipinski definition) is 0. The summed E-state index contributed by atoms with van der Waals surface area (Å²) in [6.45, 7) is 2.02. The lowest BCUT2D eigenvalue weighted by atomic mass is 10.1. The van der Waals surface area contributed by atoms with Gasteiger partial charge in [0.2, 0.25) is 11.7 Å². The molecule has 1 heterocycles. The van der Waals surface area contributed by atoms with Gasteiger partial charge in [-0.3, -0.25) is 0 Å². The zero-order chi connectivity index (χ0) is 17.9. The Morgan fingerprint density at radius 3 is 2.24 bits per heavy atom. The molecule has 3 rings (SSSR count). The highest BCUT2D eigenvalue weighted by molar-refractivity contribution is 7.81. The van der Waals surface area contributed by atoms with Crippen LogP contribution < -0.4 is 8.92 Å². The van der Waals surface area contributed by atoms with Gasteiger partial charge in [0, 0.05) is 12.5 Å². The second-order valence-corrected chi connectivity index (χ2v) is 6.02. The van der Waals surface area contributed by atoms with Crippen LogP contribution in [0.2, 0.25) is 0 Å². The Hall–Kier alpha value is -2.94. The summed E-state index contributed by atoms with van der Waals surface area (Å²) in [5.41, 5.74) is 1.74. The molecule has 1 aromatic heterocycles. The van der Waals surface area contributed by atoms with E-state index in [4.69, 9.17) is 9.26 Å². The molecule has 0 saturated heterocycles. The predicted octanol–water partition coefficient (Wildman–Crippen LogP) is 3.22. The fraction of sp³-hybridized carbons (Fsp3) is 0.125. The second-order valence-electron chi connectivity index (χ2n) is 5.07. The quantitative estimate of drug-likeness (QED) is 0.620. The van der Waals surface area contributed by atoms with Gasteiger partial charge in [-0.15, -0.1) is 0 Å². The summed E-state index contributed by atoms with van der Waals surface area (Å²) in [5.74, 6) is 1.37. The van der Waals surface area contributed by atoms with Crippen LogP contribution in [0.5, 0.6) is 11.5 Å². The average Bonchev–Trinajstić information content (AvgIpc) is 3.00. The molecule has 0 radical (unpaired) electrons. The molecule has 0 unspecified atom stereocenters. The molecule has 0 aliphatic carbocycles. The Morgan fingerprint density at radius 1 is 1.04 bits per heavy atom. The largest absolute Gasteiger partial charge is 0.489 e. The lowest BCUT2D eigenvalue weighted by Crippen LogP contribution is -2.01. The highest BCUT2D eigenvalue weighted by atomic mass is 32.3. The second kappa shape index (κ2) is 6.89. The third-order valence-corrected chi connectivity index (χ3v) is 3.56. The highest BCUT2D eigenvalue weighted by Crippen LogP contribution is 2.21. The van der Waals surface area contributed by atoms with Gasteiger partial charge in [0.1, 0.15) is 18.1 Å². The minimum Gasteiger partial charge on any atom is -0.489 e. The molecule has 0 atom stereocenters. The van der Waals surface area contributed by atoms with Crippen molar-refractivity contribution < 1.29 is 25.7 Å². The molecule has 0 bridgehead atoms. The van der Waals surface area contributed by atoms with Crippen molar-refractivity contribution in [1.29, 1.82) is 0 Å². The van der Waals surface area contributed by atoms with Gasteiger partial charge >= 0.3 is 10.5 Å². The maximum absolute atomic E-state index is 12.4. The lowest BCUT2D eigenvalue weighted by Gasteiger charge is -2.07. The molecule has 0 amide bonds. The van der Waals surface area contributed by atoms with E-state index in [1.54, 1.807) is 6.92 Å². The van der Waals surface area contributed by atoms with Crippen LogP contribution in [0.1, 0.15) is 11.5 Å². The summed E-state index contributed by atoms with van der Waals surface area (Å²) in [5, 5.41) is 3.84. The van der Waals surface area contributed by atoms with Crippen molar-refractivity contribution in [1.82, 2.24) is 10.1 Å². The van der Waals surface area contributed by atoms with E-state index in [0.717, 1.165) is 11.1 Å². The Morgan fingerprint density at radius 2 is 1.68 bits per heavy atom. The van der Waals surface area contributed by atoms with E-state index < -0.39 is 10.5 Å². The Labute approximate surface area is 143 Å². The molecule has 0 aliphatic rings.